The molecule has 0 aliphatic carbocycles. The number of esters is 2. The number of phosphoric acid groups is 1. The van der Waals surface area contributed by atoms with Crippen molar-refractivity contribution >= 4 is 19.8 Å². The Morgan fingerprint density at radius 3 is 1.42 bits per heavy atom. The first kappa shape index (κ1) is 55.0. The second kappa shape index (κ2) is 43.5. The van der Waals surface area contributed by atoms with E-state index in [0.29, 0.717) is 12.8 Å². The maximum absolute atomic E-state index is 12.6. The third-order valence-corrected chi connectivity index (χ3v) is 10.7. The van der Waals surface area contributed by atoms with Crippen LogP contribution in [-0.4, -0.2) is 49.3 Å². The van der Waals surface area contributed by atoms with E-state index >= 15 is 0 Å². The summed E-state index contributed by atoms with van der Waals surface area (Å²) in [6, 6.07) is 0. The SMILES string of the molecule is CCCCCCCCC=CCC=CCC=CCCCC(=O)O[C@H](COC(=O)CCCCCCCCCCCC=CCCCCCCCC)COP(=O)(O)OCCN. The Bertz CT molecular complexity index is 1080. The molecule has 0 aliphatic rings. The molecule has 0 saturated carbocycles. The number of allylic oxidation sites excluding steroid dienone is 8. The first-order valence-corrected chi connectivity index (χ1v) is 24.6. The van der Waals surface area contributed by atoms with Gasteiger partial charge in [-0.3, -0.25) is 18.6 Å². The molecule has 57 heavy (non-hydrogen) atoms. The molecule has 0 aromatic heterocycles. The van der Waals surface area contributed by atoms with Crippen molar-refractivity contribution in [2.45, 2.75) is 213 Å². The van der Waals surface area contributed by atoms with Gasteiger partial charge in [-0.1, -0.05) is 172 Å². The lowest BCUT2D eigenvalue weighted by molar-refractivity contribution is -0.161. The summed E-state index contributed by atoms with van der Waals surface area (Å²) in [5.74, 6) is -0.890. The fourth-order valence-corrected chi connectivity index (χ4v) is 7.00. The lowest BCUT2D eigenvalue weighted by Gasteiger charge is -2.19. The van der Waals surface area contributed by atoms with Gasteiger partial charge < -0.3 is 20.1 Å². The van der Waals surface area contributed by atoms with Crippen LogP contribution in [0.2, 0.25) is 0 Å². The molecule has 0 heterocycles. The standard InChI is InChI=1S/C47H86NO8P/c1-3-5-7-9-11-13-15-17-19-21-22-24-25-27-29-31-33-35-37-39-46(49)53-43-45(44-55-57(51,52)54-42-41-48)56-47(50)40-38-36-34-32-30-28-26-23-20-18-16-14-12-10-8-6-4-2/h17-20,26,28,32,34,45H,3-16,21-25,27,29-31,33,35-44,48H2,1-2H3,(H,51,52)/t45-/m1/s1. The number of carbonyl (C=O) groups excluding carboxylic acids is 2. The topological polar surface area (TPSA) is 134 Å². The zero-order valence-corrected chi connectivity index (χ0v) is 37.5. The van der Waals surface area contributed by atoms with Crippen molar-refractivity contribution in [1.82, 2.24) is 0 Å². The van der Waals surface area contributed by atoms with Crippen molar-refractivity contribution in [2.75, 3.05) is 26.4 Å². The van der Waals surface area contributed by atoms with Gasteiger partial charge in [0.05, 0.1) is 13.2 Å². The second-order valence-corrected chi connectivity index (χ2v) is 16.7. The number of phosphoric ester groups is 1. The summed E-state index contributed by atoms with van der Waals surface area (Å²) in [6.45, 7) is 3.67. The molecule has 332 valence electrons. The molecule has 10 heteroatoms. The molecule has 2 atom stereocenters. The van der Waals surface area contributed by atoms with Crippen LogP contribution >= 0.6 is 7.82 Å². The van der Waals surface area contributed by atoms with E-state index in [1.54, 1.807) is 0 Å². The van der Waals surface area contributed by atoms with Gasteiger partial charge in [-0.25, -0.2) is 4.57 Å². The summed E-state index contributed by atoms with van der Waals surface area (Å²) in [7, 11) is -4.39. The Kier molecular flexibility index (Phi) is 42.0. The molecule has 0 aromatic rings. The van der Waals surface area contributed by atoms with Gasteiger partial charge >= 0.3 is 19.8 Å². The fraction of sp³-hybridized carbons (Fsp3) is 0.787. The largest absolute Gasteiger partial charge is 0.472 e. The average molecular weight is 824 g/mol. The summed E-state index contributed by atoms with van der Waals surface area (Å²) in [6.07, 6.45) is 50.1. The highest BCUT2D eigenvalue weighted by atomic mass is 31.2. The number of hydrogen-bond donors (Lipinski definition) is 2. The van der Waals surface area contributed by atoms with Crippen LogP contribution in [0.3, 0.4) is 0 Å². The van der Waals surface area contributed by atoms with Crippen LogP contribution in [-0.2, 0) is 32.7 Å². The van der Waals surface area contributed by atoms with E-state index in [9.17, 15) is 19.0 Å². The first-order valence-electron chi connectivity index (χ1n) is 23.1. The number of carbonyl (C=O) groups is 2. The Morgan fingerprint density at radius 1 is 0.526 bits per heavy atom. The Morgan fingerprint density at radius 2 is 0.930 bits per heavy atom. The van der Waals surface area contributed by atoms with Crippen molar-refractivity contribution < 1.29 is 37.6 Å². The minimum Gasteiger partial charge on any atom is -0.462 e. The number of hydrogen-bond acceptors (Lipinski definition) is 8. The van der Waals surface area contributed by atoms with Crippen LogP contribution < -0.4 is 5.73 Å². The van der Waals surface area contributed by atoms with Crippen LogP contribution in [0.15, 0.2) is 48.6 Å². The number of unbranched alkanes of at least 4 members (excludes halogenated alkanes) is 22. The second-order valence-electron chi connectivity index (χ2n) is 15.3. The number of ether oxygens (including phenoxy) is 2. The van der Waals surface area contributed by atoms with Gasteiger partial charge in [0, 0.05) is 19.4 Å². The van der Waals surface area contributed by atoms with Crippen molar-refractivity contribution in [2.24, 2.45) is 5.73 Å². The van der Waals surface area contributed by atoms with Crippen molar-refractivity contribution in [3.63, 3.8) is 0 Å². The molecule has 0 amide bonds. The van der Waals surface area contributed by atoms with Gasteiger partial charge in [-0.2, -0.15) is 0 Å². The van der Waals surface area contributed by atoms with E-state index < -0.39 is 32.5 Å². The van der Waals surface area contributed by atoms with E-state index in [0.717, 1.165) is 38.5 Å². The van der Waals surface area contributed by atoms with Crippen molar-refractivity contribution in [1.29, 1.82) is 0 Å². The monoisotopic (exact) mass is 824 g/mol. The molecule has 1 unspecified atom stereocenters. The van der Waals surface area contributed by atoms with Gasteiger partial charge in [0.1, 0.15) is 6.61 Å². The smallest absolute Gasteiger partial charge is 0.462 e. The van der Waals surface area contributed by atoms with Gasteiger partial charge in [0.25, 0.3) is 0 Å². The zero-order chi connectivity index (χ0) is 41.8. The Balaban J connectivity index is 4.18. The summed E-state index contributed by atoms with van der Waals surface area (Å²) in [5, 5.41) is 0. The van der Waals surface area contributed by atoms with Gasteiger partial charge in [-0.05, 0) is 70.6 Å². The fourth-order valence-electron chi connectivity index (χ4n) is 6.23. The number of rotatable bonds is 43. The molecular weight excluding hydrogens is 737 g/mol. The molecule has 0 aromatic carbocycles. The third kappa shape index (κ3) is 43.4. The predicted molar refractivity (Wildman–Crippen MR) is 238 cm³/mol. The van der Waals surface area contributed by atoms with Gasteiger partial charge in [-0.15, -0.1) is 0 Å². The predicted octanol–water partition coefficient (Wildman–Crippen LogP) is 13.5. The minimum atomic E-state index is -4.39. The first-order chi connectivity index (χ1) is 27.8. The quantitative estimate of drug-likeness (QED) is 0.0267. The lowest BCUT2D eigenvalue weighted by atomic mass is 10.1. The molecule has 0 saturated heterocycles. The van der Waals surface area contributed by atoms with E-state index in [-0.39, 0.29) is 32.6 Å². The van der Waals surface area contributed by atoms with E-state index in [4.69, 9.17) is 24.3 Å². The van der Waals surface area contributed by atoms with Crippen LogP contribution in [0.1, 0.15) is 206 Å². The zero-order valence-electron chi connectivity index (χ0n) is 36.6. The summed E-state index contributed by atoms with van der Waals surface area (Å²) in [5.41, 5.74) is 5.35. The van der Waals surface area contributed by atoms with Gasteiger partial charge in [0.2, 0.25) is 0 Å². The Labute approximate surface area is 349 Å². The van der Waals surface area contributed by atoms with Crippen LogP contribution in [0, 0.1) is 0 Å². The highest BCUT2D eigenvalue weighted by molar-refractivity contribution is 7.47. The molecule has 9 nitrogen and oxygen atoms in total. The van der Waals surface area contributed by atoms with E-state index in [2.05, 4.69) is 56.4 Å². The molecule has 3 N–H and O–H groups in total. The lowest BCUT2D eigenvalue weighted by Crippen LogP contribution is -2.29. The van der Waals surface area contributed by atoms with E-state index in [1.165, 1.54) is 128 Å². The molecule has 0 radical (unpaired) electrons. The highest BCUT2D eigenvalue weighted by Crippen LogP contribution is 2.43. The molecule has 0 bridgehead atoms. The third-order valence-electron chi connectivity index (χ3n) is 9.69. The summed E-state index contributed by atoms with van der Waals surface area (Å²) >= 11 is 0. The Hall–Kier alpha value is -2.03. The summed E-state index contributed by atoms with van der Waals surface area (Å²) < 4.78 is 32.8. The maximum Gasteiger partial charge on any atom is 0.472 e. The van der Waals surface area contributed by atoms with Crippen molar-refractivity contribution in [3.8, 4) is 0 Å². The summed E-state index contributed by atoms with van der Waals surface area (Å²) in [4.78, 5) is 34.9. The van der Waals surface area contributed by atoms with Crippen LogP contribution in [0.25, 0.3) is 0 Å². The number of nitrogens with two attached hydrogens (primary N) is 1. The van der Waals surface area contributed by atoms with Crippen molar-refractivity contribution in [3.05, 3.63) is 48.6 Å². The van der Waals surface area contributed by atoms with Gasteiger partial charge in [0.15, 0.2) is 6.10 Å². The molecule has 0 spiro atoms. The molecule has 0 aliphatic heterocycles. The molecular formula is C47H86NO8P. The molecule has 0 rings (SSSR count). The van der Waals surface area contributed by atoms with E-state index in [1.807, 2.05) is 6.08 Å². The average Bonchev–Trinajstić information content (AvgIpc) is 3.20. The maximum atomic E-state index is 12.6. The van der Waals surface area contributed by atoms with Crippen LogP contribution in [0.5, 0.6) is 0 Å². The normalized spacial score (nSPS) is 13.7. The molecule has 0 fully saturated rings. The van der Waals surface area contributed by atoms with Crippen LogP contribution in [0.4, 0.5) is 0 Å². The highest BCUT2D eigenvalue weighted by Gasteiger charge is 2.26. The minimum absolute atomic E-state index is 0.0445.